The summed E-state index contributed by atoms with van der Waals surface area (Å²) >= 11 is 0. The molecule has 0 aliphatic carbocycles. The number of β-amino-alcohol motifs (C(OH)–C–C–N with tert-alkyl or cyclic N) is 1. The largest absolute Gasteiger partial charge is 0.467 e. The third kappa shape index (κ3) is 2.63. The topological polar surface area (TPSA) is 49.8 Å². The van der Waals surface area contributed by atoms with E-state index in [0.29, 0.717) is 0 Å². The summed E-state index contributed by atoms with van der Waals surface area (Å²) in [6, 6.07) is 20.2. The maximum atomic E-state index is 11.7. The van der Waals surface area contributed by atoms with Crippen LogP contribution in [0.4, 0.5) is 0 Å². The molecule has 4 nitrogen and oxygen atoms in total. The Kier molecular flexibility index (Phi) is 3.96. The molecule has 2 aromatic carbocycles. The van der Waals surface area contributed by atoms with E-state index in [-0.39, 0.29) is 19.1 Å². The predicted molar refractivity (Wildman–Crippen MR) is 83.3 cm³/mol. The summed E-state index contributed by atoms with van der Waals surface area (Å²) in [6.45, 7) is 0.544. The minimum absolute atomic E-state index is 0.0207. The minimum Gasteiger partial charge on any atom is -0.467 e. The smallest absolute Gasteiger partial charge is 0.340 e. The normalized spacial score (nSPS) is 17.0. The number of methoxy groups -OCH3 is 1. The summed E-state index contributed by atoms with van der Waals surface area (Å²) in [4.78, 5) is 13.7. The van der Waals surface area contributed by atoms with Crippen molar-refractivity contribution in [3.05, 3.63) is 71.8 Å². The Hall–Kier alpha value is -2.17. The van der Waals surface area contributed by atoms with Crippen LogP contribution in [0.3, 0.4) is 0 Å². The van der Waals surface area contributed by atoms with Gasteiger partial charge in [-0.15, -0.1) is 0 Å². The second-order valence-electron chi connectivity index (χ2n) is 5.65. The van der Waals surface area contributed by atoms with Gasteiger partial charge in [0, 0.05) is 13.1 Å². The highest BCUT2D eigenvalue weighted by Gasteiger charge is 2.51. The number of carbonyl (C=O) groups excluding carboxylic acids is 1. The van der Waals surface area contributed by atoms with Crippen LogP contribution < -0.4 is 0 Å². The molecule has 1 fully saturated rings. The van der Waals surface area contributed by atoms with Crippen molar-refractivity contribution < 1.29 is 14.6 Å². The molecule has 1 aliphatic rings. The number of ether oxygens (including phenoxy) is 1. The van der Waals surface area contributed by atoms with E-state index < -0.39 is 11.6 Å². The average molecular weight is 297 g/mol. The van der Waals surface area contributed by atoms with Crippen molar-refractivity contribution in [2.75, 3.05) is 20.2 Å². The Morgan fingerprint density at radius 2 is 1.50 bits per heavy atom. The minimum atomic E-state index is -1.39. The van der Waals surface area contributed by atoms with Crippen LogP contribution in [-0.2, 0) is 9.53 Å². The van der Waals surface area contributed by atoms with Gasteiger partial charge in [-0.3, -0.25) is 4.90 Å². The summed E-state index contributed by atoms with van der Waals surface area (Å²) in [5.74, 6) is -0.566. The quantitative estimate of drug-likeness (QED) is 0.877. The van der Waals surface area contributed by atoms with Gasteiger partial charge in [0.2, 0.25) is 0 Å². The van der Waals surface area contributed by atoms with Crippen LogP contribution in [0.1, 0.15) is 17.2 Å². The third-order valence-electron chi connectivity index (χ3n) is 4.09. The summed E-state index contributed by atoms with van der Waals surface area (Å²) in [5.41, 5.74) is 0.887. The lowest BCUT2D eigenvalue weighted by atomic mass is 9.87. The first-order valence-electron chi connectivity index (χ1n) is 7.29. The molecule has 114 valence electrons. The zero-order valence-corrected chi connectivity index (χ0v) is 12.5. The van der Waals surface area contributed by atoms with Crippen molar-refractivity contribution in [3.8, 4) is 0 Å². The van der Waals surface area contributed by atoms with E-state index in [2.05, 4.69) is 33.9 Å². The SMILES string of the molecule is COC(=O)C1(O)CN(C(c2ccccc2)c2ccccc2)C1. The van der Waals surface area contributed by atoms with Crippen LogP contribution in [0.2, 0.25) is 0 Å². The lowest BCUT2D eigenvalue weighted by Crippen LogP contribution is -2.66. The maximum Gasteiger partial charge on any atom is 0.340 e. The van der Waals surface area contributed by atoms with Crippen molar-refractivity contribution >= 4 is 5.97 Å². The fourth-order valence-corrected chi connectivity index (χ4v) is 3.01. The molecular weight excluding hydrogens is 278 g/mol. The molecule has 0 aromatic heterocycles. The van der Waals surface area contributed by atoms with E-state index in [9.17, 15) is 9.90 Å². The first-order valence-corrected chi connectivity index (χ1v) is 7.29. The molecule has 0 saturated carbocycles. The summed E-state index contributed by atoms with van der Waals surface area (Å²) in [6.07, 6.45) is 0. The number of rotatable bonds is 4. The maximum absolute atomic E-state index is 11.7. The molecule has 0 bridgehead atoms. The molecule has 1 heterocycles. The Bertz CT molecular complexity index is 596. The molecule has 2 aromatic rings. The number of carbonyl (C=O) groups is 1. The standard InChI is InChI=1S/C18H19NO3/c1-22-17(20)18(21)12-19(13-18)16(14-8-4-2-5-9-14)15-10-6-3-7-11-15/h2-11,16,21H,12-13H2,1H3. The Morgan fingerprint density at radius 1 is 1.05 bits per heavy atom. The lowest BCUT2D eigenvalue weighted by Gasteiger charge is -2.48. The van der Waals surface area contributed by atoms with Crippen LogP contribution in [0.15, 0.2) is 60.7 Å². The highest BCUT2D eigenvalue weighted by molar-refractivity contribution is 5.81. The van der Waals surface area contributed by atoms with Crippen molar-refractivity contribution in [2.45, 2.75) is 11.6 Å². The Morgan fingerprint density at radius 3 is 1.91 bits per heavy atom. The van der Waals surface area contributed by atoms with Gasteiger partial charge in [0.1, 0.15) is 0 Å². The zero-order valence-electron chi connectivity index (χ0n) is 12.5. The molecule has 22 heavy (non-hydrogen) atoms. The molecule has 0 spiro atoms. The second kappa shape index (κ2) is 5.91. The van der Waals surface area contributed by atoms with Gasteiger partial charge in [-0.25, -0.2) is 4.79 Å². The summed E-state index contributed by atoms with van der Waals surface area (Å²) in [5, 5.41) is 10.3. The fraction of sp³-hybridized carbons (Fsp3) is 0.278. The van der Waals surface area contributed by atoms with E-state index in [1.807, 2.05) is 36.4 Å². The molecule has 1 saturated heterocycles. The monoisotopic (exact) mass is 297 g/mol. The number of hydrogen-bond acceptors (Lipinski definition) is 4. The van der Waals surface area contributed by atoms with Gasteiger partial charge in [-0.2, -0.15) is 0 Å². The van der Waals surface area contributed by atoms with Crippen molar-refractivity contribution in [1.82, 2.24) is 4.90 Å². The molecule has 0 radical (unpaired) electrons. The van der Waals surface area contributed by atoms with E-state index in [4.69, 9.17) is 0 Å². The van der Waals surface area contributed by atoms with Crippen molar-refractivity contribution in [1.29, 1.82) is 0 Å². The molecule has 4 heteroatoms. The van der Waals surface area contributed by atoms with Crippen LogP contribution in [0, 0.1) is 0 Å². The first-order chi connectivity index (χ1) is 10.6. The highest BCUT2D eigenvalue weighted by atomic mass is 16.5. The number of hydrogen-bond donors (Lipinski definition) is 1. The number of aliphatic hydroxyl groups is 1. The number of esters is 1. The Labute approximate surface area is 130 Å². The first kappa shape index (κ1) is 14.8. The lowest BCUT2D eigenvalue weighted by molar-refractivity contribution is -0.184. The molecule has 1 N–H and O–H groups in total. The second-order valence-corrected chi connectivity index (χ2v) is 5.65. The molecule has 0 unspecified atom stereocenters. The summed E-state index contributed by atoms with van der Waals surface area (Å²) in [7, 11) is 1.30. The summed E-state index contributed by atoms with van der Waals surface area (Å²) < 4.78 is 4.68. The van der Waals surface area contributed by atoms with Gasteiger partial charge in [-0.1, -0.05) is 60.7 Å². The van der Waals surface area contributed by atoms with Crippen molar-refractivity contribution in [2.24, 2.45) is 0 Å². The van der Waals surface area contributed by atoms with Gasteiger partial charge in [0.05, 0.1) is 13.2 Å². The fourth-order valence-electron chi connectivity index (χ4n) is 3.01. The number of nitrogens with zero attached hydrogens (tertiary/aromatic N) is 1. The molecule has 0 atom stereocenters. The third-order valence-corrected chi connectivity index (χ3v) is 4.09. The molecule has 3 rings (SSSR count). The highest BCUT2D eigenvalue weighted by Crippen LogP contribution is 2.36. The van der Waals surface area contributed by atoms with Gasteiger partial charge in [0.25, 0.3) is 0 Å². The van der Waals surface area contributed by atoms with E-state index >= 15 is 0 Å². The van der Waals surface area contributed by atoms with Crippen LogP contribution in [0.5, 0.6) is 0 Å². The van der Waals surface area contributed by atoms with E-state index in [1.165, 1.54) is 7.11 Å². The van der Waals surface area contributed by atoms with Crippen LogP contribution >= 0.6 is 0 Å². The number of benzene rings is 2. The molecule has 1 aliphatic heterocycles. The van der Waals surface area contributed by atoms with Crippen LogP contribution in [0.25, 0.3) is 0 Å². The van der Waals surface area contributed by atoms with Gasteiger partial charge >= 0.3 is 5.97 Å². The van der Waals surface area contributed by atoms with E-state index in [1.54, 1.807) is 0 Å². The average Bonchev–Trinajstić information content (AvgIpc) is 2.54. The molecule has 0 amide bonds. The Balaban J connectivity index is 1.88. The predicted octanol–water partition coefficient (Wildman–Crippen LogP) is 2.00. The van der Waals surface area contributed by atoms with Gasteiger partial charge in [0.15, 0.2) is 5.60 Å². The van der Waals surface area contributed by atoms with Gasteiger partial charge in [-0.05, 0) is 11.1 Å². The number of likely N-dealkylation sites (tertiary alicyclic amines) is 1. The molecular formula is C18H19NO3. The van der Waals surface area contributed by atoms with Crippen molar-refractivity contribution in [3.63, 3.8) is 0 Å². The zero-order chi connectivity index (χ0) is 15.6. The van der Waals surface area contributed by atoms with Gasteiger partial charge < -0.3 is 9.84 Å². The van der Waals surface area contributed by atoms with Crippen LogP contribution in [-0.4, -0.2) is 41.8 Å². The van der Waals surface area contributed by atoms with E-state index in [0.717, 1.165) is 11.1 Å².